The van der Waals surface area contributed by atoms with Crippen molar-refractivity contribution in [3.63, 3.8) is 0 Å². The first-order chi connectivity index (χ1) is 6.18. The minimum Gasteiger partial charge on any atom is -0.478 e. The Kier molecular flexibility index (Phi) is 1.81. The molecular formula is C8H5BrN2O2. The van der Waals surface area contributed by atoms with Crippen LogP contribution in [0.1, 0.15) is 10.4 Å². The van der Waals surface area contributed by atoms with Gasteiger partial charge in [-0.05, 0) is 18.2 Å². The Balaban J connectivity index is 2.70. The third kappa shape index (κ3) is 1.31. The fraction of sp³-hybridized carbons (Fsp3) is 0. The number of halogens is 1. The highest BCUT2D eigenvalue weighted by Gasteiger charge is 2.05. The number of carboxylic acids is 1. The molecule has 1 N–H and O–H groups in total. The van der Waals surface area contributed by atoms with E-state index in [1.54, 1.807) is 24.4 Å². The van der Waals surface area contributed by atoms with Crippen LogP contribution in [0.15, 0.2) is 24.4 Å². The number of rotatable bonds is 1. The Labute approximate surface area is 82.1 Å². The lowest BCUT2D eigenvalue weighted by Crippen LogP contribution is -1.94. The lowest BCUT2D eigenvalue weighted by molar-refractivity contribution is 0.0697. The highest BCUT2D eigenvalue weighted by Crippen LogP contribution is 2.16. The molecule has 2 aromatic rings. The summed E-state index contributed by atoms with van der Waals surface area (Å²) in [6.45, 7) is 0. The minimum atomic E-state index is -0.927. The molecule has 0 saturated heterocycles. The van der Waals surface area contributed by atoms with Crippen LogP contribution in [-0.4, -0.2) is 19.9 Å². The van der Waals surface area contributed by atoms with Gasteiger partial charge in [-0.3, -0.25) is 0 Å². The smallest absolute Gasteiger partial charge is 0.335 e. The van der Waals surface area contributed by atoms with Crippen molar-refractivity contribution in [2.45, 2.75) is 0 Å². The van der Waals surface area contributed by atoms with Gasteiger partial charge in [0.2, 0.25) is 0 Å². The standard InChI is InChI=1S/C8H5BrN2O2/c9-11-7-2-1-5(8(12)13)3-6(7)4-10-11/h1-4H,(H,12,13). The van der Waals surface area contributed by atoms with Crippen LogP contribution in [0.3, 0.4) is 0 Å². The SMILES string of the molecule is O=C(O)c1ccc2c(cnn2Br)c1. The molecule has 0 spiro atoms. The third-order valence-electron chi connectivity index (χ3n) is 1.77. The molecule has 5 heteroatoms. The average molecular weight is 241 g/mol. The van der Waals surface area contributed by atoms with E-state index in [1.807, 2.05) is 0 Å². The molecule has 66 valence electrons. The Hall–Kier alpha value is -1.36. The summed E-state index contributed by atoms with van der Waals surface area (Å²) in [6, 6.07) is 4.84. The molecule has 0 aliphatic heterocycles. The van der Waals surface area contributed by atoms with E-state index in [1.165, 1.54) is 3.71 Å². The van der Waals surface area contributed by atoms with Gasteiger partial charge in [0.15, 0.2) is 0 Å². The zero-order valence-corrected chi connectivity index (χ0v) is 8.02. The molecule has 0 unspecified atom stereocenters. The highest BCUT2D eigenvalue weighted by molar-refractivity contribution is 9.08. The van der Waals surface area contributed by atoms with Gasteiger partial charge in [0.25, 0.3) is 0 Å². The van der Waals surface area contributed by atoms with E-state index in [0.717, 1.165) is 10.9 Å². The molecule has 1 aromatic carbocycles. The van der Waals surface area contributed by atoms with Gasteiger partial charge < -0.3 is 5.11 Å². The second-order valence-corrected chi connectivity index (χ2v) is 3.26. The molecule has 1 aromatic heterocycles. The zero-order chi connectivity index (χ0) is 9.42. The number of aromatic nitrogens is 2. The number of benzene rings is 1. The lowest BCUT2D eigenvalue weighted by atomic mass is 10.2. The fourth-order valence-electron chi connectivity index (χ4n) is 1.13. The van der Waals surface area contributed by atoms with E-state index in [0.29, 0.717) is 0 Å². The Morgan fingerprint density at radius 2 is 2.31 bits per heavy atom. The van der Waals surface area contributed by atoms with Gasteiger partial charge in [-0.15, -0.1) is 0 Å². The third-order valence-corrected chi connectivity index (χ3v) is 2.34. The Bertz CT molecular complexity index is 478. The monoisotopic (exact) mass is 240 g/mol. The quantitative estimate of drug-likeness (QED) is 0.829. The molecule has 0 amide bonds. The van der Waals surface area contributed by atoms with Crippen molar-refractivity contribution in [2.24, 2.45) is 0 Å². The molecule has 1 heterocycles. The topological polar surface area (TPSA) is 55.1 Å². The highest BCUT2D eigenvalue weighted by atomic mass is 79.9. The summed E-state index contributed by atoms with van der Waals surface area (Å²) in [5.74, 6) is -0.927. The molecule has 13 heavy (non-hydrogen) atoms. The number of aromatic carboxylic acids is 1. The van der Waals surface area contributed by atoms with Crippen LogP contribution >= 0.6 is 16.1 Å². The fourth-order valence-corrected chi connectivity index (χ4v) is 1.55. The number of hydrogen-bond acceptors (Lipinski definition) is 2. The van der Waals surface area contributed by atoms with Crippen molar-refractivity contribution in [2.75, 3.05) is 0 Å². The second-order valence-electron chi connectivity index (χ2n) is 2.58. The maximum absolute atomic E-state index is 10.6. The number of carboxylic acid groups (broad SMARTS) is 1. The van der Waals surface area contributed by atoms with Gasteiger partial charge >= 0.3 is 5.97 Å². The maximum atomic E-state index is 10.6. The Morgan fingerprint density at radius 3 is 3.00 bits per heavy atom. The van der Waals surface area contributed by atoms with E-state index in [9.17, 15) is 4.79 Å². The summed E-state index contributed by atoms with van der Waals surface area (Å²) in [6.07, 6.45) is 1.61. The van der Waals surface area contributed by atoms with Crippen LogP contribution in [0.4, 0.5) is 0 Å². The van der Waals surface area contributed by atoms with Gasteiger partial charge in [-0.1, -0.05) is 0 Å². The molecular weight excluding hydrogens is 236 g/mol. The summed E-state index contributed by atoms with van der Waals surface area (Å²) in [5, 5.41) is 13.5. The van der Waals surface area contributed by atoms with Gasteiger partial charge in [-0.25, -0.2) is 4.79 Å². The molecule has 0 aliphatic carbocycles. The summed E-state index contributed by atoms with van der Waals surface area (Å²) in [7, 11) is 0. The van der Waals surface area contributed by atoms with Crippen molar-refractivity contribution in [3.8, 4) is 0 Å². The van der Waals surface area contributed by atoms with Crippen LogP contribution in [-0.2, 0) is 0 Å². The van der Waals surface area contributed by atoms with Crippen molar-refractivity contribution >= 4 is 33.0 Å². The van der Waals surface area contributed by atoms with Crippen molar-refractivity contribution < 1.29 is 9.90 Å². The average Bonchev–Trinajstić information content (AvgIpc) is 2.47. The molecule has 0 fully saturated rings. The van der Waals surface area contributed by atoms with Gasteiger partial charge in [0.05, 0.1) is 33.4 Å². The van der Waals surface area contributed by atoms with E-state index in [-0.39, 0.29) is 5.56 Å². The van der Waals surface area contributed by atoms with Gasteiger partial charge in [0.1, 0.15) is 0 Å². The van der Waals surface area contributed by atoms with E-state index in [2.05, 4.69) is 21.2 Å². The van der Waals surface area contributed by atoms with Gasteiger partial charge in [-0.2, -0.15) is 8.81 Å². The lowest BCUT2D eigenvalue weighted by Gasteiger charge is -1.94. The summed E-state index contributed by atoms with van der Waals surface area (Å²) < 4.78 is 1.52. The summed E-state index contributed by atoms with van der Waals surface area (Å²) >= 11 is 3.19. The molecule has 2 rings (SSSR count). The first-order valence-corrected chi connectivity index (χ1v) is 4.26. The normalized spacial score (nSPS) is 10.5. The number of carbonyl (C=O) groups is 1. The molecule has 0 radical (unpaired) electrons. The molecule has 0 aliphatic rings. The maximum Gasteiger partial charge on any atom is 0.335 e. The first-order valence-electron chi connectivity index (χ1n) is 3.56. The van der Waals surface area contributed by atoms with Crippen LogP contribution in [0.2, 0.25) is 0 Å². The summed E-state index contributed by atoms with van der Waals surface area (Å²) in [4.78, 5) is 10.6. The predicted octanol–water partition coefficient (Wildman–Crippen LogP) is 1.89. The number of nitrogens with zero attached hydrogens (tertiary/aromatic N) is 2. The predicted molar refractivity (Wildman–Crippen MR) is 51.0 cm³/mol. The number of hydrogen-bond donors (Lipinski definition) is 1. The summed E-state index contributed by atoms with van der Waals surface area (Å²) in [5.41, 5.74) is 1.12. The van der Waals surface area contributed by atoms with Crippen molar-refractivity contribution in [1.82, 2.24) is 8.81 Å². The molecule has 0 bridgehead atoms. The largest absolute Gasteiger partial charge is 0.478 e. The van der Waals surface area contributed by atoms with Crippen molar-refractivity contribution in [1.29, 1.82) is 0 Å². The molecule has 4 nitrogen and oxygen atoms in total. The van der Waals surface area contributed by atoms with E-state index < -0.39 is 5.97 Å². The van der Waals surface area contributed by atoms with Crippen LogP contribution in [0.25, 0.3) is 10.9 Å². The molecule has 0 saturated carbocycles. The first kappa shape index (κ1) is 8.25. The minimum absolute atomic E-state index is 0.271. The second kappa shape index (κ2) is 2.85. The van der Waals surface area contributed by atoms with E-state index in [4.69, 9.17) is 5.11 Å². The van der Waals surface area contributed by atoms with Crippen LogP contribution < -0.4 is 0 Å². The van der Waals surface area contributed by atoms with Crippen LogP contribution in [0, 0.1) is 0 Å². The van der Waals surface area contributed by atoms with Crippen molar-refractivity contribution in [3.05, 3.63) is 30.0 Å². The Morgan fingerprint density at radius 1 is 1.54 bits per heavy atom. The number of fused-ring (bicyclic) bond motifs is 1. The molecule has 0 atom stereocenters. The van der Waals surface area contributed by atoms with Crippen LogP contribution in [0.5, 0.6) is 0 Å². The van der Waals surface area contributed by atoms with E-state index >= 15 is 0 Å². The van der Waals surface area contributed by atoms with Gasteiger partial charge in [0, 0.05) is 5.39 Å². The zero-order valence-electron chi connectivity index (χ0n) is 6.44.